The first-order valence-corrected chi connectivity index (χ1v) is 10.1. The molecule has 9 heteroatoms. The van der Waals surface area contributed by atoms with Gasteiger partial charge < -0.3 is 9.64 Å². The largest absolute Gasteiger partial charge is 0.383 e. The van der Waals surface area contributed by atoms with Crippen LogP contribution < -0.4 is 4.72 Å². The van der Waals surface area contributed by atoms with Crippen molar-refractivity contribution in [2.24, 2.45) is 0 Å². The Hall–Kier alpha value is -1.81. The normalized spacial score (nSPS) is 11.3. The molecular weight excluding hydrogens is 422 g/mol. The number of hydrogen-bond acceptors (Lipinski definition) is 5. The van der Waals surface area contributed by atoms with E-state index in [1.54, 1.807) is 25.5 Å². The molecule has 1 aromatic heterocycles. The molecule has 1 aromatic carbocycles. The molecule has 26 heavy (non-hydrogen) atoms. The van der Waals surface area contributed by atoms with E-state index in [4.69, 9.17) is 4.74 Å². The van der Waals surface area contributed by atoms with E-state index in [1.807, 2.05) is 12.1 Å². The number of aromatic nitrogens is 1. The summed E-state index contributed by atoms with van der Waals surface area (Å²) in [6, 6.07) is 8.00. The summed E-state index contributed by atoms with van der Waals surface area (Å²) >= 11 is 3.32. The number of rotatable bonds is 8. The first-order valence-electron chi connectivity index (χ1n) is 7.77. The number of pyridine rings is 1. The molecule has 0 aliphatic heterocycles. The number of carbonyl (C=O) groups is 1. The number of methoxy groups -OCH3 is 1. The average molecular weight is 442 g/mol. The van der Waals surface area contributed by atoms with Crippen LogP contribution in [0.15, 0.2) is 52.1 Å². The van der Waals surface area contributed by atoms with Gasteiger partial charge in [-0.2, -0.15) is 0 Å². The Morgan fingerprint density at radius 3 is 2.62 bits per heavy atom. The number of benzene rings is 1. The van der Waals surface area contributed by atoms with E-state index in [-0.39, 0.29) is 29.5 Å². The monoisotopic (exact) mass is 441 g/mol. The van der Waals surface area contributed by atoms with Gasteiger partial charge in [0.15, 0.2) is 0 Å². The van der Waals surface area contributed by atoms with E-state index in [1.165, 1.54) is 24.1 Å². The molecular formula is C17H20BrN3O4S. The second kappa shape index (κ2) is 9.22. The van der Waals surface area contributed by atoms with Gasteiger partial charge in [-0.15, -0.1) is 0 Å². The first kappa shape index (κ1) is 20.5. The van der Waals surface area contributed by atoms with Crippen LogP contribution in [0.1, 0.15) is 15.9 Å². The van der Waals surface area contributed by atoms with E-state index in [9.17, 15) is 13.2 Å². The highest BCUT2D eigenvalue weighted by Gasteiger charge is 2.20. The molecule has 0 spiro atoms. The number of amides is 1. The van der Waals surface area contributed by atoms with Gasteiger partial charge in [-0.3, -0.25) is 9.78 Å². The van der Waals surface area contributed by atoms with Gasteiger partial charge in [-0.25, -0.2) is 13.1 Å². The van der Waals surface area contributed by atoms with Gasteiger partial charge >= 0.3 is 0 Å². The Bertz CT molecular complexity index is 860. The summed E-state index contributed by atoms with van der Waals surface area (Å²) in [5.41, 5.74) is 1.20. The van der Waals surface area contributed by atoms with Crippen molar-refractivity contribution >= 4 is 31.9 Å². The zero-order chi connectivity index (χ0) is 19.2. The van der Waals surface area contributed by atoms with E-state index in [0.29, 0.717) is 11.0 Å². The summed E-state index contributed by atoms with van der Waals surface area (Å²) < 4.78 is 32.5. The first-order chi connectivity index (χ1) is 12.3. The molecule has 0 unspecified atom stereocenters. The number of halogens is 1. The lowest BCUT2D eigenvalue weighted by molar-refractivity contribution is 0.0784. The summed E-state index contributed by atoms with van der Waals surface area (Å²) in [6.07, 6.45) is 3.31. The average Bonchev–Trinajstić information content (AvgIpc) is 2.62. The van der Waals surface area contributed by atoms with Gasteiger partial charge in [0.1, 0.15) is 0 Å². The lowest BCUT2D eigenvalue weighted by atomic mass is 10.2. The van der Waals surface area contributed by atoms with Gasteiger partial charge in [0.25, 0.3) is 5.91 Å². The molecule has 1 heterocycles. The summed E-state index contributed by atoms with van der Waals surface area (Å²) in [5.74, 6) is -0.289. The van der Waals surface area contributed by atoms with Crippen molar-refractivity contribution in [1.82, 2.24) is 14.6 Å². The Morgan fingerprint density at radius 1 is 1.27 bits per heavy atom. The molecule has 0 aliphatic carbocycles. The summed E-state index contributed by atoms with van der Waals surface area (Å²) in [6.45, 7) is 0.799. The minimum atomic E-state index is -3.72. The zero-order valence-corrected chi connectivity index (χ0v) is 16.9. The van der Waals surface area contributed by atoms with Gasteiger partial charge in [-0.05, 0) is 51.8 Å². The highest BCUT2D eigenvalue weighted by molar-refractivity contribution is 9.10. The zero-order valence-electron chi connectivity index (χ0n) is 14.5. The molecule has 2 aromatic rings. The second-order valence-corrected chi connectivity index (χ2v) is 8.17. The van der Waals surface area contributed by atoms with Crippen LogP contribution in [0.3, 0.4) is 0 Å². The molecule has 2 rings (SSSR count). The van der Waals surface area contributed by atoms with Crippen LogP contribution in [0, 0.1) is 0 Å². The summed E-state index contributed by atoms with van der Waals surface area (Å²) in [7, 11) is -0.570. The number of sulfonamides is 1. The van der Waals surface area contributed by atoms with Crippen molar-refractivity contribution in [3.05, 3.63) is 58.3 Å². The molecule has 140 valence electrons. The Kier molecular flexibility index (Phi) is 7.27. The van der Waals surface area contributed by atoms with Crippen LogP contribution in [0.5, 0.6) is 0 Å². The maximum absolute atomic E-state index is 12.8. The van der Waals surface area contributed by atoms with Gasteiger partial charge in [0.05, 0.1) is 17.1 Å². The highest BCUT2D eigenvalue weighted by Crippen LogP contribution is 2.23. The van der Waals surface area contributed by atoms with E-state index in [2.05, 4.69) is 25.6 Å². The Balaban J connectivity index is 2.21. The van der Waals surface area contributed by atoms with Crippen molar-refractivity contribution in [3.63, 3.8) is 0 Å². The lowest BCUT2D eigenvalue weighted by Crippen LogP contribution is -2.29. The van der Waals surface area contributed by atoms with Gasteiger partial charge in [0.2, 0.25) is 10.0 Å². The molecule has 0 atom stereocenters. The maximum atomic E-state index is 12.8. The van der Waals surface area contributed by atoms with E-state index >= 15 is 0 Å². The topological polar surface area (TPSA) is 88.6 Å². The number of nitrogens with one attached hydrogen (secondary N) is 1. The van der Waals surface area contributed by atoms with Crippen molar-refractivity contribution < 1.29 is 17.9 Å². The number of hydrogen-bond donors (Lipinski definition) is 1. The molecule has 0 saturated carbocycles. The molecule has 0 radical (unpaired) electrons. The van der Waals surface area contributed by atoms with Crippen LogP contribution in [0.4, 0.5) is 0 Å². The second-order valence-electron chi connectivity index (χ2n) is 5.55. The summed E-state index contributed by atoms with van der Waals surface area (Å²) in [4.78, 5) is 18.2. The van der Waals surface area contributed by atoms with Crippen molar-refractivity contribution in [3.8, 4) is 0 Å². The molecule has 0 fully saturated rings. The third-order valence-electron chi connectivity index (χ3n) is 3.59. The minimum Gasteiger partial charge on any atom is -0.383 e. The fourth-order valence-corrected chi connectivity index (χ4v) is 3.69. The minimum absolute atomic E-state index is 0.0254. The lowest BCUT2D eigenvalue weighted by Gasteiger charge is -2.18. The third kappa shape index (κ3) is 5.34. The van der Waals surface area contributed by atoms with Crippen LogP contribution in [0.25, 0.3) is 0 Å². The highest BCUT2D eigenvalue weighted by atomic mass is 79.9. The Morgan fingerprint density at radius 2 is 1.96 bits per heavy atom. The molecule has 0 bridgehead atoms. The Labute approximate surface area is 161 Å². The van der Waals surface area contributed by atoms with Crippen LogP contribution in [-0.4, -0.2) is 51.5 Å². The van der Waals surface area contributed by atoms with Crippen LogP contribution in [0.2, 0.25) is 0 Å². The van der Waals surface area contributed by atoms with E-state index in [0.717, 1.165) is 5.56 Å². The molecule has 0 saturated heterocycles. The van der Waals surface area contributed by atoms with Crippen molar-refractivity contribution in [2.45, 2.75) is 11.4 Å². The number of ether oxygens (including phenoxy) is 1. The smallest absolute Gasteiger partial charge is 0.255 e. The van der Waals surface area contributed by atoms with E-state index < -0.39 is 10.0 Å². The fourth-order valence-electron chi connectivity index (χ4n) is 2.24. The molecule has 1 amide bonds. The van der Waals surface area contributed by atoms with Crippen molar-refractivity contribution in [1.29, 1.82) is 0 Å². The number of carbonyl (C=O) groups excluding carboxylic acids is 1. The van der Waals surface area contributed by atoms with Gasteiger partial charge in [0, 0.05) is 44.1 Å². The summed E-state index contributed by atoms with van der Waals surface area (Å²) in [5, 5.41) is 0. The SMILES string of the molecule is COCCNS(=O)(=O)c1ccc(Br)c(C(=O)N(C)Cc2ccncc2)c1. The molecule has 7 nitrogen and oxygen atoms in total. The van der Waals surface area contributed by atoms with Crippen LogP contribution >= 0.6 is 15.9 Å². The number of nitrogens with zero attached hydrogens (tertiary/aromatic N) is 2. The quantitative estimate of drug-likeness (QED) is 0.633. The third-order valence-corrected chi connectivity index (χ3v) is 5.74. The maximum Gasteiger partial charge on any atom is 0.255 e. The predicted molar refractivity (Wildman–Crippen MR) is 101 cm³/mol. The van der Waals surface area contributed by atoms with Crippen molar-refractivity contribution in [2.75, 3.05) is 27.3 Å². The van der Waals surface area contributed by atoms with Gasteiger partial charge in [-0.1, -0.05) is 0 Å². The van der Waals surface area contributed by atoms with Crippen LogP contribution in [-0.2, 0) is 21.3 Å². The fraction of sp³-hybridized carbons (Fsp3) is 0.294. The molecule has 1 N–H and O–H groups in total. The predicted octanol–water partition coefficient (Wildman–Crippen LogP) is 2.04. The molecule has 0 aliphatic rings. The standard InChI is InChI=1S/C17H20BrN3O4S/c1-21(12-13-5-7-19-8-6-13)17(22)15-11-14(3-4-16(15)18)26(23,24)20-9-10-25-2/h3-8,11,20H,9-10,12H2,1-2H3.